The highest BCUT2D eigenvalue weighted by atomic mass is 79.9. The first-order chi connectivity index (χ1) is 11.3. The summed E-state index contributed by atoms with van der Waals surface area (Å²) in [6.07, 6.45) is 0. The van der Waals surface area contributed by atoms with E-state index in [-0.39, 0.29) is 10.6 Å². The molecular formula is C17H14BrNO4S. The third-order valence-corrected chi connectivity index (χ3v) is 4.97. The van der Waals surface area contributed by atoms with Crippen molar-refractivity contribution in [1.29, 1.82) is 0 Å². The van der Waals surface area contributed by atoms with E-state index in [1.165, 1.54) is 6.07 Å². The van der Waals surface area contributed by atoms with E-state index in [1.807, 2.05) is 24.3 Å². The number of aromatic hydroxyl groups is 1. The predicted molar refractivity (Wildman–Crippen MR) is 96.9 cm³/mol. The molecule has 0 amide bonds. The van der Waals surface area contributed by atoms with E-state index in [2.05, 4.69) is 21.2 Å². The van der Waals surface area contributed by atoms with Crippen molar-refractivity contribution in [2.45, 2.75) is 11.4 Å². The number of phenols is 1. The summed E-state index contributed by atoms with van der Waals surface area (Å²) in [5, 5.41) is 14.2. The molecule has 5 nitrogen and oxygen atoms in total. The van der Waals surface area contributed by atoms with Gasteiger partial charge in [-0.3, -0.25) is 4.55 Å². The van der Waals surface area contributed by atoms with Gasteiger partial charge in [0.1, 0.15) is 5.75 Å². The molecule has 0 aromatic heterocycles. The van der Waals surface area contributed by atoms with E-state index in [9.17, 15) is 13.5 Å². The molecule has 24 heavy (non-hydrogen) atoms. The van der Waals surface area contributed by atoms with Crippen LogP contribution < -0.4 is 5.32 Å². The zero-order chi connectivity index (χ0) is 17.3. The van der Waals surface area contributed by atoms with Crippen molar-refractivity contribution in [3.63, 3.8) is 0 Å². The normalized spacial score (nSPS) is 11.6. The molecule has 0 aliphatic rings. The maximum Gasteiger partial charge on any atom is 0.294 e. The van der Waals surface area contributed by atoms with Crippen LogP contribution in [0.3, 0.4) is 0 Å². The quantitative estimate of drug-likeness (QED) is 0.565. The van der Waals surface area contributed by atoms with Gasteiger partial charge in [0.05, 0.1) is 4.90 Å². The highest BCUT2D eigenvalue weighted by Crippen LogP contribution is 2.30. The van der Waals surface area contributed by atoms with E-state index in [1.54, 1.807) is 18.2 Å². The van der Waals surface area contributed by atoms with Crippen molar-refractivity contribution < 1.29 is 18.1 Å². The first kappa shape index (κ1) is 16.8. The van der Waals surface area contributed by atoms with Crippen molar-refractivity contribution in [2.75, 3.05) is 5.32 Å². The number of anilines is 1. The summed E-state index contributed by atoms with van der Waals surface area (Å²) in [5.41, 5.74) is 1.87. The van der Waals surface area contributed by atoms with Gasteiger partial charge in [-0.05, 0) is 47.3 Å². The van der Waals surface area contributed by atoms with Crippen molar-refractivity contribution in [3.8, 4) is 5.75 Å². The van der Waals surface area contributed by atoms with Crippen LogP contribution in [0.5, 0.6) is 5.75 Å². The molecule has 124 valence electrons. The summed E-state index contributed by atoms with van der Waals surface area (Å²) < 4.78 is 32.7. The van der Waals surface area contributed by atoms with Crippen LogP contribution >= 0.6 is 15.9 Å². The molecule has 0 aliphatic heterocycles. The third-order valence-electron chi connectivity index (χ3n) is 3.61. The van der Waals surface area contributed by atoms with Gasteiger partial charge in [-0.25, -0.2) is 0 Å². The fraction of sp³-hybridized carbons (Fsp3) is 0.0588. The highest BCUT2D eigenvalue weighted by Gasteiger charge is 2.13. The summed E-state index contributed by atoms with van der Waals surface area (Å²) in [6, 6.07) is 15.5. The molecule has 0 heterocycles. The molecule has 0 aliphatic carbocycles. The van der Waals surface area contributed by atoms with Gasteiger partial charge in [-0.1, -0.05) is 28.1 Å². The summed E-state index contributed by atoms with van der Waals surface area (Å²) in [5.74, 6) is -0.195. The van der Waals surface area contributed by atoms with Gasteiger partial charge in [0.25, 0.3) is 10.1 Å². The lowest BCUT2D eigenvalue weighted by Gasteiger charge is -2.10. The van der Waals surface area contributed by atoms with E-state index >= 15 is 0 Å². The summed E-state index contributed by atoms with van der Waals surface area (Å²) in [4.78, 5) is -0.336. The first-order valence-corrected chi connectivity index (χ1v) is 9.29. The van der Waals surface area contributed by atoms with E-state index in [0.29, 0.717) is 17.3 Å². The Morgan fingerprint density at radius 3 is 2.38 bits per heavy atom. The number of hydrogen-bond donors (Lipinski definition) is 3. The number of fused-ring (bicyclic) bond motifs is 1. The molecule has 3 aromatic carbocycles. The van der Waals surface area contributed by atoms with Gasteiger partial charge in [-0.15, -0.1) is 0 Å². The van der Waals surface area contributed by atoms with Gasteiger partial charge >= 0.3 is 0 Å². The largest absolute Gasteiger partial charge is 0.507 e. The Bertz CT molecular complexity index is 1000. The minimum Gasteiger partial charge on any atom is -0.507 e. The Labute approximate surface area is 147 Å². The van der Waals surface area contributed by atoms with Crippen molar-refractivity contribution >= 4 is 42.5 Å². The number of nitrogens with one attached hydrogen (secondary N) is 1. The van der Waals surface area contributed by atoms with E-state index in [4.69, 9.17) is 4.55 Å². The van der Waals surface area contributed by atoms with Crippen LogP contribution in [-0.4, -0.2) is 18.1 Å². The van der Waals surface area contributed by atoms with Gasteiger partial charge < -0.3 is 10.4 Å². The number of rotatable bonds is 4. The minimum absolute atomic E-state index is 0.195. The lowest BCUT2D eigenvalue weighted by atomic mass is 10.1. The molecule has 0 unspecified atom stereocenters. The molecule has 0 bridgehead atoms. The van der Waals surface area contributed by atoms with E-state index in [0.717, 1.165) is 21.8 Å². The van der Waals surface area contributed by atoms with Gasteiger partial charge in [0.2, 0.25) is 0 Å². The lowest BCUT2D eigenvalue weighted by molar-refractivity contribution is 0.471. The second-order valence-corrected chi connectivity index (χ2v) is 7.67. The Hall–Kier alpha value is -2.09. The number of hydrogen-bond acceptors (Lipinski definition) is 4. The number of benzene rings is 3. The van der Waals surface area contributed by atoms with Crippen molar-refractivity contribution in [1.82, 2.24) is 0 Å². The van der Waals surface area contributed by atoms with Crippen LogP contribution in [0.4, 0.5) is 5.69 Å². The highest BCUT2D eigenvalue weighted by molar-refractivity contribution is 9.10. The molecule has 7 heteroatoms. The third kappa shape index (κ3) is 3.69. The summed E-state index contributed by atoms with van der Waals surface area (Å²) in [7, 11) is -4.37. The zero-order valence-corrected chi connectivity index (χ0v) is 14.8. The Morgan fingerprint density at radius 1 is 1.00 bits per heavy atom. The van der Waals surface area contributed by atoms with Crippen molar-refractivity contribution in [3.05, 3.63) is 64.6 Å². The number of phenolic OH excluding ortho intramolecular Hbond substituents is 1. The first-order valence-electron chi connectivity index (χ1n) is 7.05. The topological polar surface area (TPSA) is 86.6 Å². The SMILES string of the molecule is O=S(=O)(O)c1cc(O)c2ccc(NCc3ccc(Br)cc3)cc2c1. The second-order valence-electron chi connectivity index (χ2n) is 5.33. The maximum atomic E-state index is 11.3. The fourth-order valence-corrected chi connectivity index (χ4v) is 3.19. The number of halogens is 1. The molecule has 3 N–H and O–H groups in total. The fourth-order valence-electron chi connectivity index (χ4n) is 2.39. The average Bonchev–Trinajstić information content (AvgIpc) is 2.53. The Morgan fingerprint density at radius 2 is 1.71 bits per heavy atom. The van der Waals surface area contributed by atoms with Crippen LogP contribution in [0.15, 0.2) is 64.0 Å². The molecule has 0 spiro atoms. The van der Waals surface area contributed by atoms with Crippen LogP contribution in [0.2, 0.25) is 0 Å². The van der Waals surface area contributed by atoms with Gasteiger partial charge in [0, 0.05) is 28.2 Å². The molecule has 3 aromatic rings. The maximum absolute atomic E-state index is 11.3. The van der Waals surface area contributed by atoms with Crippen LogP contribution in [0, 0.1) is 0 Å². The molecule has 0 saturated heterocycles. The molecular weight excluding hydrogens is 394 g/mol. The lowest BCUT2D eigenvalue weighted by Crippen LogP contribution is -2.00. The zero-order valence-electron chi connectivity index (χ0n) is 12.4. The monoisotopic (exact) mass is 407 g/mol. The molecule has 0 atom stereocenters. The van der Waals surface area contributed by atoms with Gasteiger partial charge in [-0.2, -0.15) is 8.42 Å². The molecule has 0 radical (unpaired) electrons. The summed E-state index contributed by atoms with van der Waals surface area (Å²) in [6.45, 7) is 0.600. The van der Waals surface area contributed by atoms with E-state index < -0.39 is 10.1 Å². The Balaban J connectivity index is 1.91. The standard InChI is InChI=1S/C17H14BrNO4S/c18-13-3-1-11(2-4-13)10-19-14-5-6-16-12(7-14)8-15(9-17(16)20)24(21,22)23/h1-9,19-20H,10H2,(H,21,22,23). The van der Waals surface area contributed by atoms with Crippen LogP contribution in [-0.2, 0) is 16.7 Å². The molecule has 0 saturated carbocycles. The Kier molecular flexibility index (Phi) is 4.49. The second kappa shape index (κ2) is 6.43. The van der Waals surface area contributed by atoms with Crippen LogP contribution in [0.25, 0.3) is 10.8 Å². The van der Waals surface area contributed by atoms with Gasteiger partial charge in [0.15, 0.2) is 0 Å². The summed E-state index contributed by atoms with van der Waals surface area (Å²) >= 11 is 3.38. The molecule has 0 fully saturated rings. The molecule has 3 rings (SSSR count). The van der Waals surface area contributed by atoms with Crippen molar-refractivity contribution in [2.24, 2.45) is 0 Å². The average molecular weight is 408 g/mol. The minimum atomic E-state index is -4.37. The van der Waals surface area contributed by atoms with Crippen LogP contribution in [0.1, 0.15) is 5.56 Å². The predicted octanol–water partition coefficient (Wildman–Crippen LogP) is 4.17. The smallest absolute Gasteiger partial charge is 0.294 e.